The van der Waals surface area contributed by atoms with E-state index in [1.807, 2.05) is 0 Å². The van der Waals surface area contributed by atoms with Crippen molar-refractivity contribution in [2.24, 2.45) is 11.8 Å². The lowest BCUT2D eigenvalue weighted by Crippen LogP contribution is -2.44. The molecule has 2 aliphatic rings. The molecule has 2 rings (SSSR count). The Bertz CT molecular complexity index is 254. The molecule has 1 atom stereocenters. The zero-order valence-corrected chi connectivity index (χ0v) is 10.5. The van der Waals surface area contributed by atoms with Gasteiger partial charge in [0.2, 0.25) is 5.91 Å². The second-order valence-corrected chi connectivity index (χ2v) is 5.53. The number of rotatable bonds is 5. The number of nitrogens with zero attached hydrogens (tertiary/aromatic N) is 1. The second kappa shape index (κ2) is 6.36. The molecule has 0 aromatic rings. The van der Waals surface area contributed by atoms with Gasteiger partial charge in [0.25, 0.3) is 0 Å². The molecule has 17 heavy (non-hydrogen) atoms. The number of carbonyl (C=O) groups is 1. The molecule has 4 heteroatoms. The van der Waals surface area contributed by atoms with E-state index in [-0.39, 0.29) is 12.5 Å². The van der Waals surface area contributed by atoms with Gasteiger partial charge in [-0.25, -0.2) is 0 Å². The number of hydrogen-bond donors (Lipinski definition) is 2. The summed E-state index contributed by atoms with van der Waals surface area (Å²) in [5.41, 5.74) is 0. The molecule has 2 N–H and O–H groups in total. The topological polar surface area (TPSA) is 52.6 Å². The quantitative estimate of drug-likeness (QED) is 0.740. The Kier molecular flexibility index (Phi) is 4.80. The Hall–Kier alpha value is -0.610. The first-order valence-corrected chi connectivity index (χ1v) is 6.88. The van der Waals surface area contributed by atoms with Gasteiger partial charge in [0.1, 0.15) is 0 Å². The summed E-state index contributed by atoms with van der Waals surface area (Å²) in [4.78, 5) is 13.9. The Labute approximate surface area is 103 Å². The largest absolute Gasteiger partial charge is 0.396 e. The molecule has 1 heterocycles. The van der Waals surface area contributed by atoms with E-state index in [2.05, 4.69) is 10.2 Å². The van der Waals surface area contributed by atoms with E-state index < -0.39 is 0 Å². The van der Waals surface area contributed by atoms with E-state index in [0.717, 1.165) is 38.4 Å². The van der Waals surface area contributed by atoms with Crippen molar-refractivity contribution >= 4 is 5.91 Å². The van der Waals surface area contributed by atoms with E-state index >= 15 is 0 Å². The molecular weight excluding hydrogens is 216 g/mol. The molecule has 0 aromatic carbocycles. The van der Waals surface area contributed by atoms with Crippen molar-refractivity contribution in [2.45, 2.75) is 32.1 Å². The lowest BCUT2D eigenvalue weighted by molar-refractivity contribution is -0.123. The molecule has 4 nitrogen and oxygen atoms in total. The normalized spacial score (nSPS) is 26.5. The van der Waals surface area contributed by atoms with Crippen LogP contribution in [0, 0.1) is 11.8 Å². The number of likely N-dealkylation sites (tertiary alicyclic amines) is 1. The maximum atomic E-state index is 11.7. The lowest BCUT2D eigenvalue weighted by atomic mass is 9.85. The summed E-state index contributed by atoms with van der Waals surface area (Å²) in [5, 5.41) is 12.2. The van der Waals surface area contributed by atoms with Gasteiger partial charge in [-0.15, -0.1) is 0 Å². The first kappa shape index (κ1) is 12.8. The van der Waals surface area contributed by atoms with Crippen molar-refractivity contribution in [1.82, 2.24) is 10.2 Å². The Balaban J connectivity index is 1.63. The molecule has 0 bridgehead atoms. The summed E-state index contributed by atoms with van der Waals surface area (Å²) in [6.45, 7) is 3.47. The number of carbonyl (C=O) groups excluding carboxylic acids is 1. The molecule has 1 aliphatic carbocycles. The number of nitrogens with one attached hydrogen (secondary N) is 1. The third kappa shape index (κ3) is 3.96. The average molecular weight is 240 g/mol. The van der Waals surface area contributed by atoms with E-state index in [1.165, 1.54) is 19.3 Å². The molecule has 1 saturated carbocycles. The minimum atomic E-state index is 0.149. The van der Waals surface area contributed by atoms with E-state index in [0.29, 0.717) is 12.5 Å². The van der Waals surface area contributed by atoms with E-state index in [9.17, 15) is 4.79 Å². The summed E-state index contributed by atoms with van der Waals surface area (Å²) in [6.07, 6.45) is 6.07. The third-order valence-corrected chi connectivity index (χ3v) is 4.04. The minimum Gasteiger partial charge on any atom is -0.396 e. The number of aliphatic hydroxyl groups is 1. The first-order valence-electron chi connectivity index (χ1n) is 6.88. The molecule has 0 radical (unpaired) electrons. The fourth-order valence-corrected chi connectivity index (χ4v) is 2.66. The highest BCUT2D eigenvalue weighted by Crippen LogP contribution is 2.25. The van der Waals surface area contributed by atoms with Crippen molar-refractivity contribution < 1.29 is 9.90 Å². The summed E-state index contributed by atoms with van der Waals surface area (Å²) in [7, 11) is 0. The summed E-state index contributed by atoms with van der Waals surface area (Å²) in [6, 6.07) is 0. The summed E-state index contributed by atoms with van der Waals surface area (Å²) >= 11 is 0. The monoisotopic (exact) mass is 240 g/mol. The van der Waals surface area contributed by atoms with Gasteiger partial charge in [0.15, 0.2) is 0 Å². The maximum Gasteiger partial charge on any atom is 0.234 e. The third-order valence-electron chi connectivity index (χ3n) is 4.04. The molecule has 0 spiro atoms. The Morgan fingerprint density at radius 1 is 1.24 bits per heavy atom. The van der Waals surface area contributed by atoms with Crippen molar-refractivity contribution in [3.8, 4) is 0 Å². The van der Waals surface area contributed by atoms with Crippen LogP contribution in [0.2, 0.25) is 0 Å². The predicted molar refractivity (Wildman–Crippen MR) is 66.6 cm³/mol. The van der Waals surface area contributed by atoms with Crippen molar-refractivity contribution in [3.05, 3.63) is 0 Å². The molecule has 1 aliphatic heterocycles. The average Bonchev–Trinajstić information content (AvgIpc) is 2.27. The van der Waals surface area contributed by atoms with Crippen LogP contribution >= 0.6 is 0 Å². The van der Waals surface area contributed by atoms with Crippen molar-refractivity contribution in [1.29, 1.82) is 0 Å². The molecule has 1 amide bonds. The second-order valence-electron chi connectivity index (χ2n) is 5.53. The molecular formula is C13H24N2O2. The van der Waals surface area contributed by atoms with Crippen LogP contribution in [0.15, 0.2) is 0 Å². The predicted octanol–water partition coefficient (Wildman–Crippen LogP) is 0.607. The molecule has 0 aromatic heterocycles. The first-order chi connectivity index (χ1) is 8.28. The van der Waals surface area contributed by atoms with Crippen LogP contribution in [0.25, 0.3) is 0 Å². The van der Waals surface area contributed by atoms with Gasteiger partial charge in [-0.3, -0.25) is 9.69 Å². The van der Waals surface area contributed by atoms with Crippen molar-refractivity contribution in [3.63, 3.8) is 0 Å². The standard InChI is InChI=1S/C13H24N2O2/c16-10-12-5-2-6-15(8-12)9-13(17)14-7-11-3-1-4-11/h11-12,16H,1-10H2,(H,14,17). The van der Waals surface area contributed by atoms with Crippen LogP contribution in [-0.2, 0) is 4.79 Å². The molecule has 2 fully saturated rings. The highest BCUT2D eigenvalue weighted by Gasteiger charge is 2.22. The number of aliphatic hydroxyl groups excluding tert-OH is 1. The van der Waals surface area contributed by atoms with Gasteiger partial charge in [-0.05, 0) is 44.1 Å². The van der Waals surface area contributed by atoms with Gasteiger partial charge in [-0.1, -0.05) is 6.42 Å². The highest BCUT2D eigenvalue weighted by atomic mass is 16.3. The van der Waals surface area contributed by atoms with Crippen molar-refractivity contribution in [2.75, 3.05) is 32.8 Å². The lowest BCUT2D eigenvalue weighted by Gasteiger charge is -2.31. The number of amides is 1. The van der Waals surface area contributed by atoms with Gasteiger partial charge in [0.05, 0.1) is 6.54 Å². The molecule has 1 unspecified atom stereocenters. The molecule has 98 valence electrons. The van der Waals surface area contributed by atoms with Crippen LogP contribution in [-0.4, -0.2) is 48.7 Å². The van der Waals surface area contributed by atoms with Gasteiger partial charge in [-0.2, -0.15) is 0 Å². The fourth-order valence-electron chi connectivity index (χ4n) is 2.66. The van der Waals surface area contributed by atoms with Crippen LogP contribution in [0.1, 0.15) is 32.1 Å². The summed E-state index contributed by atoms with van der Waals surface area (Å²) in [5.74, 6) is 1.24. The van der Waals surface area contributed by atoms with E-state index in [1.54, 1.807) is 0 Å². The number of piperidine rings is 1. The minimum absolute atomic E-state index is 0.149. The fraction of sp³-hybridized carbons (Fsp3) is 0.923. The van der Waals surface area contributed by atoms with Gasteiger partial charge < -0.3 is 10.4 Å². The smallest absolute Gasteiger partial charge is 0.234 e. The zero-order chi connectivity index (χ0) is 12.1. The SMILES string of the molecule is O=C(CN1CCCC(CO)C1)NCC1CCC1. The van der Waals surface area contributed by atoms with E-state index in [4.69, 9.17) is 5.11 Å². The summed E-state index contributed by atoms with van der Waals surface area (Å²) < 4.78 is 0. The highest BCUT2D eigenvalue weighted by molar-refractivity contribution is 5.78. The zero-order valence-electron chi connectivity index (χ0n) is 10.5. The Morgan fingerprint density at radius 2 is 2.00 bits per heavy atom. The van der Waals surface area contributed by atoms with Gasteiger partial charge in [0, 0.05) is 19.7 Å². The molecule has 1 saturated heterocycles. The maximum absolute atomic E-state index is 11.7. The van der Waals surface area contributed by atoms with Crippen LogP contribution < -0.4 is 5.32 Å². The van der Waals surface area contributed by atoms with Gasteiger partial charge >= 0.3 is 0 Å². The van der Waals surface area contributed by atoms with Crippen LogP contribution in [0.3, 0.4) is 0 Å². The van der Waals surface area contributed by atoms with Crippen LogP contribution in [0.4, 0.5) is 0 Å². The van der Waals surface area contributed by atoms with Crippen LogP contribution in [0.5, 0.6) is 0 Å². The number of hydrogen-bond acceptors (Lipinski definition) is 3. The Morgan fingerprint density at radius 3 is 2.65 bits per heavy atom.